The first-order valence-corrected chi connectivity index (χ1v) is 10.3. The van der Waals surface area contributed by atoms with Crippen molar-refractivity contribution in [2.75, 3.05) is 33.1 Å². The smallest absolute Gasteiger partial charge is 0.336 e. The zero-order chi connectivity index (χ0) is 23.0. The topological polar surface area (TPSA) is 69.1 Å². The molecule has 0 aromatic heterocycles. The Kier molecular flexibility index (Phi) is 6.98. The molecular formula is C25H22ClN3O3S. The molecule has 33 heavy (non-hydrogen) atoms. The highest BCUT2D eigenvalue weighted by Gasteiger charge is 2.22. The summed E-state index contributed by atoms with van der Waals surface area (Å²) in [5, 5.41) is 14.1. The fourth-order valence-corrected chi connectivity index (χ4v) is 3.87. The SMILES string of the molecule is CN(C)c1ccc2c(-c3ccc(N=C=S)cc3C(=O)O)c3ccc(=[N+](C)C)cc-3oc2c1.[Cl-]. The second kappa shape index (κ2) is 9.55. The van der Waals surface area contributed by atoms with Crippen molar-refractivity contribution >= 4 is 45.7 Å². The number of thiocarbonyl (C=S) groups is 1. The summed E-state index contributed by atoms with van der Waals surface area (Å²) in [5.41, 5.74) is 4.45. The number of aromatic carboxylic acids is 1. The predicted octanol–water partition coefficient (Wildman–Crippen LogP) is 1.74. The lowest BCUT2D eigenvalue weighted by Gasteiger charge is -2.19. The van der Waals surface area contributed by atoms with E-state index in [1.165, 1.54) is 6.07 Å². The number of carboxylic acid groups (broad SMARTS) is 1. The van der Waals surface area contributed by atoms with Crippen LogP contribution in [0.5, 0.6) is 0 Å². The van der Waals surface area contributed by atoms with Crippen molar-refractivity contribution in [1.82, 2.24) is 4.58 Å². The molecule has 0 amide bonds. The fourth-order valence-electron chi connectivity index (χ4n) is 3.76. The Labute approximate surface area is 202 Å². The molecule has 1 heterocycles. The molecule has 0 saturated carbocycles. The number of carbonyl (C=O) groups is 1. The van der Waals surface area contributed by atoms with Crippen molar-refractivity contribution in [3.63, 3.8) is 0 Å². The van der Waals surface area contributed by atoms with E-state index in [1.54, 1.807) is 12.1 Å². The van der Waals surface area contributed by atoms with Crippen LogP contribution in [-0.4, -0.2) is 44.4 Å². The lowest BCUT2D eigenvalue weighted by atomic mass is 9.90. The molecule has 168 valence electrons. The molecule has 0 fully saturated rings. The second-order valence-electron chi connectivity index (χ2n) is 7.86. The fraction of sp³-hybridized carbons (Fsp3) is 0.160. The third-order valence-corrected chi connectivity index (χ3v) is 5.49. The zero-order valence-electron chi connectivity index (χ0n) is 18.6. The predicted molar refractivity (Wildman–Crippen MR) is 131 cm³/mol. The highest BCUT2D eigenvalue weighted by molar-refractivity contribution is 7.78. The minimum atomic E-state index is -1.04. The Morgan fingerprint density at radius 1 is 1.06 bits per heavy atom. The van der Waals surface area contributed by atoms with Crippen LogP contribution >= 0.6 is 12.2 Å². The van der Waals surface area contributed by atoms with E-state index < -0.39 is 5.97 Å². The van der Waals surface area contributed by atoms with Crippen molar-refractivity contribution in [1.29, 1.82) is 0 Å². The molecule has 0 radical (unpaired) electrons. The summed E-state index contributed by atoms with van der Waals surface area (Å²) >= 11 is 4.68. The second-order valence-corrected chi connectivity index (χ2v) is 8.05. The zero-order valence-corrected chi connectivity index (χ0v) is 20.2. The Morgan fingerprint density at radius 3 is 2.42 bits per heavy atom. The van der Waals surface area contributed by atoms with Crippen LogP contribution in [0.25, 0.3) is 33.4 Å². The number of benzene rings is 3. The first-order chi connectivity index (χ1) is 15.3. The van der Waals surface area contributed by atoms with Crippen LogP contribution in [0.3, 0.4) is 0 Å². The van der Waals surface area contributed by atoms with E-state index in [0.717, 1.165) is 27.6 Å². The van der Waals surface area contributed by atoms with Crippen molar-refractivity contribution in [2.45, 2.75) is 0 Å². The highest BCUT2D eigenvalue weighted by atomic mass is 35.5. The van der Waals surface area contributed by atoms with Crippen LogP contribution in [0, 0.1) is 0 Å². The quantitative estimate of drug-likeness (QED) is 0.209. The number of carboxylic acids is 1. The standard InChI is InChI=1S/C25H21N3O3S.ClH/c1-27(2)16-6-9-19-22(12-16)31-23-13-17(28(3)4)7-10-20(23)24(19)18-8-5-15(26-14-32)11-21(18)25(29)30;/h5-13H,1-4H3;1H. The monoisotopic (exact) mass is 479 g/mol. The number of rotatable bonds is 4. The van der Waals surface area contributed by atoms with Gasteiger partial charge < -0.3 is 26.8 Å². The van der Waals surface area contributed by atoms with Gasteiger partial charge in [-0.1, -0.05) is 6.07 Å². The largest absolute Gasteiger partial charge is 1.00 e. The number of anilines is 1. The molecule has 6 nitrogen and oxygen atoms in total. The van der Waals surface area contributed by atoms with E-state index in [-0.39, 0.29) is 18.0 Å². The molecule has 0 atom stereocenters. The number of hydrogen-bond donors (Lipinski definition) is 1. The minimum Gasteiger partial charge on any atom is -1.00 e. The Bertz CT molecular complexity index is 1470. The van der Waals surface area contributed by atoms with Crippen LogP contribution in [0.15, 0.2) is 64.0 Å². The van der Waals surface area contributed by atoms with E-state index in [1.807, 2.05) is 74.1 Å². The van der Waals surface area contributed by atoms with Gasteiger partial charge in [0.1, 0.15) is 25.4 Å². The number of isothiocyanates is 1. The van der Waals surface area contributed by atoms with E-state index >= 15 is 0 Å². The lowest BCUT2D eigenvalue weighted by molar-refractivity contribution is -0.0000223. The van der Waals surface area contributed by atoms with Gasteiger partial charge in [0.25, 0.3) is 0 Å². The highest BCUT2D eigenvalue weighted by Crippen LogP contribution is 2.42. The summed E-state index contributed by atoms with van der Waals surface area (Å²) in [4.78, 5) is 18.1. The first-order valence-electron chi connectivity index (χ1n) is 9.94. The van der Waals surface area contributed by atoms with Crippen LogP contribution in [0.4, 0.5) is 11.4 Å². The average Bonchev–Trinajstić information content (AvgIpc) is 2.76. The van der Waals surface area contributed by atoms with E-state index in [2.05, 4.69) is 22.4 Å². The van der Waals surface area contributed by atoms with Gasteiger partial charge in [-0.15, -0.1) is 0 Å². The van der Waals surface area contributed by atoms with Gasteiger partial charge in [-0.3, -0.25) is 0 Å². The molecule has 1 aliphatic heterocycles. The molecule has 8 heteroatoms. The third kappa shape index (κ3) is 4.52. The summed E-state index contributed by atoms with van der Waals surface area (Å²) in [6.45, 7) is 0. The minimum absolute atomic E-state index is 0. The van der Waals surface area contributed by atoms with E-state index in [0.29, 0.717) is 22.6 Å². The van der Waals surface area contributed by atoms with Gasteiger partial charge in [0, 0.05) is 48.4 Å². The molecule has 1 aliphatic carbocycles. The van der Waals surface area contributed by atoms with Gasteiger partial charge >= 0.3 is 5.97 Å². The Balaban J connectivity index is 0.00000306. The third-order valence-electron chi connectivity index (χ3n) is 5.40. The van der Waals surface area contributed by atoms with Gasteiger partial charge in [-0.2, -0.15) is 4.99 Å². The molecule has 2 aromatic rings. The van der Waals surface area contributed by atoms with Crippen molar-refractivity contribution in [3.05, 3.63) is 65.5 Å². The summed E-state index contributed by atoms with van der Waals surface area (Å²) in [6.07, 6.45) is 0. The molecule has 0 bridgehead atoms. The Morgan fingerprint density at radius 2 is 1.79 bits per heavy atom. The summed E-state index contributed by atoms with van der Waals surface area (Å²) < 4.78 is 8.31. The number of aliphatic imine (C=N–C) groups is 1. The maximum Gasteiger partial charge on any atom is 0.336 e. The molecule has 2 aliphatic rings. The molecule has 4 rings (SSSR count). The van der Waals surface area contributed by atoms with Crippen LogP contribution in [-0.2, 0) is 0 Å². The first kappa shape index (κ1) is 24.1. The molecule has 0 spiro atoms. The maximum absolute atomic E-state index is 12.2. The van der Waals surface area contributed by atoms with Crippen molar-refractivity contribution in [2.24, 2.45) is 4.99 Å². The van der Waals surface area contributed by atoms with Crippen LogP contribution in [0.1, 0.15) is 10.4 Å². The van der Waals surface area contributed by atoms with Crippen LogP contribution < -0.4 is 27.2 Å². The molecule has 1 N–H and O–H groups in total. The number of hydrogen-bond acceptors (Lipinski definition) is 5. The summed E-state index contributed by atoms with van der Waals surface area (Å²) in [7, 11) is 7.85. The van der Waals surface area contributed by atoms with Gasteiger partial charge in [0.2, 0.25) is 5.36 Å². The normalized spacial score (nSPS) is 10.4. The maximum atomic E-state index is 12.2. The number of fused-ring (bicyclic) bond motifs is 2. The van der Waals surface area contributed by atoms with Crippen molar-refractivity contribution in [3.8, 4) is 22.5 Å². The van der Waals surface area contributed by atoms with Gasteiger partial charge in [0.15, 0.2) is 0 Å². The Hall–Kier alpha value is -3.51. The van der Waals surface area contributed by atoms with E-state index in [9.17, 15) is 9.90 Å². The lowest BCUT2D eigenvalue weighted by Crippen LogP contribution is -3.00. The van der Waals surface area contributed by atoms with E-state index in [4.69, 9.17) is 4.42 Å². The summed E-state index contributed by atoms with van der Waals surface area (Å²) in [6, 6.07) is 16.9. The number of nitrogens with zero attached hydrogens (tertiary/aromatic N) is 3. The molecule has 0 saturated heterocycles. The van der Waals surface area contributed by atoms with Crippen molar-refractivity contribution < 1.29 is 26.7 Å². The molecule has 2 aromatic carbocycles. The molecule has 0 unspecified atom stereocenters. The average molecular weight is 480 g/mol. The van der Waals surface area contributed by atoms with Crippen LogP contribution in [0.2, 0.25) is 0 Å². The van der Waals surface area contributed by atoms with Gasteiger partial charge in [-0.05, 0) is 48.1 Å². The summed E-state index contributed by atoms with van der Waals surface area (Å²) in [5.74, 6) is -0.370. The van der Waals surface area contributed by atoms with Gasteiger partial charge in [0.05, 0.1) is 22.5 Å². The molecular weight excluding hydrogens is 458 g/mol. The number of halogens is 1. The van der Waals surface area contributed by atoms with Gasteiger partial charge in [-0.25, -0.2) is 9.37 Å².